The molecule has 0 saturated carbocycles. The standard InChI is InChI=1S/C17H14N4O3S/c1-11-7-12(8-18)3-5-14(11)15-10-20-21(17(15)22)16-6-4-13(9-19-16)25(2,23)24/h3-7,9-10,20H,1-2H3. The lowest BCUT2D eigenvalue weighted by atomic mass is 10.0. The summed E-state index contributed by atoms with van der Waals surface area (Å²) < 4.78 is 24.2. The molecule has 0 aliphatic carbocycles. The van der Waals surface area contributed by atoms with Crippen LogP contribution in [0.25, 0.3) is 16.9 Å². The third-order valence-corrected chi connectivity index (χ3v) is 4.89. The quantitative estimate of drug-likeness (QED) is 0.771. The minimum Gasteiger partial charge on any atom is -0.296 e. The van der Waals surface area contributed by atoms with Crippen LogP contribution in [0.2, 0.25) is 0 Å². The van der Waals surface area contributed by atoms with Crippen molar-refractivity contribution < 1.29 is 8.42 Å². The number of H-pyrrole nitrogens is 1. The molecule has 1 aromatic carbocycles. The molecule has 1 N–H and O–H groups in total. The molecule has 0 radical (unpaired) electrons. The summed E-state index contributed by atoms with van der Waals surface area (Å²) in [6.45, 7) is 1.83. The molecule has 0 fully saturated rings. The van der Waals surface area contributed by atoms with Crippen molar-refractivity contribution in [3.63, 3.8) is 0 Å². The number of benzene rings is 1. The topological polar surface area (TPSA) is 109 Å². The lowest BCUT2D eigenvalue weighted by Crippen LogP contribution is -2.17. The minimum absolute atomic E-state index is 0.0824. The second-order valence-electron chi connectivity index (χ2n) is 5.59. The van der Waals surface area contributed by atoms with E-state index < -0.39 is 9.84 Å². The van der Waals surface area contributed by atoms with Crippen molar-refractivity contribution in [2.45, 2.75) is 11.8 Å². The van der Waals surface area contributed by atoms with Crippen LogP contribution in [0.15, 0.2) is 52.4 Å². The predicted molar refractivity (Wildman–Crippen MR) is 92.2 cm³/mol. The van der Waals surface area contributed by atoms with Crippen LogP contribution in [0.3, 0.4) is 0 Å². The monoisotopic (exact) mass is 354 g/mol. The van der Waals surface area contributed by atoms with Crippen molar-refractivity contribution in [1.29, 1.82) is 5.26 Å². The molecule has 3 rings (SSSR count). The van der Waals surface area contributed by atoms with Crippen molar-refractivity contribution in [1.82, 2.24) is 14.8 Å². The van der Waals surface area contributed by atoms with E-state index in [0.29, 0.717) is 16.7 Å². The second-order valence-corrected chi connectivity index (χ2v) is 7.61. The SMILES string of the molecule is Cc1cc(C#N)ccc1-c1c[nH]n(-c2ccc(S(C)(=O)=O)cn2)c1=O. The second kappa shape index (κ2) is 6.03. The van der Waals surface area contributed by atoms with Gasteiger partial charge >= 0.3 is 0 Å². The van der Waals surface area contributed by atoms with Gasteiger partial charge in [0.05, 0.1) is 22.1 Å². The van der Waals surface area contributed by atoms with Crippen molar-refractivity contribution >= 4 is 9.84 Å². The zero-order valence-electron chi connectivity index (χ0n) is 13.5. The molecule has 0 aliphatic rings. The molecule has 25 heavy (non-hydrogen) atoms. The minimum atomic E-state index is -3.35. The summed E-state index contributed by atoms with van der Waals surface area (Å²) in [5.74, 6) is 0.287. The van der Waals surface area contributed by atoms with Gasteiger partial charge in [-0.3, -0.25) is 9.89 Å². The Labute approximate surface area is 144 Å². The van der Waals surface area contributed by atoms with Crippen LogP contribution in [0.1, 0.15) is 11.1 Å². The van der Waals surface area contributed by atoms with E-state index in [0.717, 1.165) is 11.8 Å². The van der Waals surface area contributed by atoms with Crippen LogP contribution < -0.4 is 5.56 Å². The molecule has 8 heteroatoms. The highest BCUT2D eigenvalue weighted by Gasteiger charge is 2.14. The first-order valence-corrected chi connectivity index (χ1v) is 9.18. The Balaban J connectivity index is 2.05. The Morgan fingerprint density at radius 3 is 2.52 bits per heavy atom. The number of pyridine rings is 1. The van der Waals surface area contributed by atoms with Gasteiger partial charge < -0.3 is 0 Å². The normalized spacial score (nSPS) is 11.2. The predicted octanol–water partition coefficient (Wildman–Crippen LogP) is 1.81. The van der Waals surface area contributed by atoms with E-state index in [-0.39, 0.29) is 16.3 Å². The molecule has 0 saturated heterocycles. The van der Waals surface area contributed by atoms with Crippen molar-refractivity contribution in [2.75, 3.05) is 6.26 Å². The highest BCUT2D eigenvalue weighted by atomic mass is 32.2. The molecule has 0 spiro atoms. The fourth-order valence-corrected chi connectivity index (χ4v) is 3.05. The number of nitrogens with one attached hydrogen (secondary N) is 1. The Hall–Kier alpha value is -3.18. The van der Waals surface area contributed by atoms with Crippen molar-refractivity contribution in [3.8, 4) is 23.0 Å². The number of aryl methyl sites for hydroxylation is 1. The Morgan fingerprint density at radius 1 is 1.20 bits per heavy atom. The van der Waals surface area contributed by atoms with Gasteiger partial charge in [-0.1, -0.05) is 6.07 Å². The maximum absolute atomic E-state index is 12.7. The summed E-state index contributed by atoms with van der Waals surface area (Å²) >= 11 is 0. The molecular formula is C17H14N4O3S. The highest BCUT2D eigenvalue weighted by Crippen LogP contribution is 2.21. The molecule has 3 aromatic rings. The smallest absolute Gasteiger partial charge is 0.280 e. The van der Waals surface area contributed by atoms with Crippen LogP contribution in [-0.2, 0) is 9.84 Å². The number of sulfone groups is 1. The van der Waals surface area contributed by atoms with Crippen LogP contribution >= 0.6 is 0 Å². The number of hydrogen-bond donors (Lipinski definition) is 1. The summed E-state index contributed by atoms with van der Waals surface area (Å²) in [6.07, 6.45) is 3.86. The summed E-state index contributed by atoms with van der Waals surface area (Å²) in [7, 11) is -3.35. The van der Waals surface area contributed by atoms with Gasteiger partial charge in [-0.05, 0) is 42.3 Å². The van der Waals surface area contributed by atoms with Crippen LogP contribution in [-0.4, -0.2) is 29.4 Å². The van der Waals surface area contributed by atoms with Gasteiger partial charge in [0.25, 0.3) is 5.56 Å². The number of hydrogen-bond acceptors (Lipinski definition) is 5. The first-order valence-electron chi connectivity index (χ1n) is 7.29. The van der Waals surface area contributed by atoms with Crippen LogP contribution in [0.5, 0.6) is 0 Å². The molecular weight excluding hydrogens is 340 g/mol. The van der Waals surface area contributed by atoms with Gasteiger partial charge in [-0.2, -0.15) is 5.26 Å². The van der Waals surface area contributed by atoms with E-state index in [4.69, 9.17) is 5.26 Å². The van der Waals surface area contributed by atoms with Crippen molar-refractivity contribution in [2.24, 2.45) is 0 Å². The fraction of sp³-hybridized carbons (Fsp3) is 0.118. The maximum Gasteiger partial charge on any atom is 0.280 e. The molecule has 0 bridgehead atoms. The average molecular weight is 354 g/mol. The first kappa shape index (κ1) is 16.7. The van der Waals surface area contributed by atoms with Gasteiger partial charge in [0.1, 0.15) is 0 Å². The Morgan fingerprint density at radius 2 is 1.96 bits per heavy atom. The first-order chi connectivity index (χ1) is 11.8. The summed E-state index contributed by atoms with van der Waals surface area (Å²) in [4.78, 5) is 16.8. The lowest BCUT2D eigenvalue weighted by molar-refractivity contribution is 0.601. The van der Waals surface area contributed by atoms with E-state index in [1.807, 2.05) is 6.92 Å². The molecule has 0 amide bonds. The summed E-state index contributed by atoms with van der Waals surface area (Å²) in [5.41, 5.74) is 2.17. The summed E-state index contributed by atoms with van der Waals surface area (Å²) in [6, 6.07) is 10.0. The van der Waals surface area contributed by atoms with Gasteiger partial charge in [0, 0.05) is 18.6 Å². The Kier molecular flexibility index (Phi) is 4.02. The molecule has 2 aromatic heterocycles. The van der Waals surface area contributed by atoms with E-state index >= 15 is 0 Å². The van der Waals surface area contributed by atoms with Crippen LogP contribution in [0.4, 0.5) is 0 Å². The maximum atomic E-state index is 12.7. The van der Waals surface area contributed by atoms with Gasteiger partial charge in [0.2, 0.25) is 0 Å². The number of rotatable bonds is 3. The van der Waals surface area contributed by atoms with Gasteiger partial charge in [-0.25, -0.2) is 18.1 Å². The van der Waals surface area contributed by atoms with E-state index in [1.54, 1.807) is 24.4 Å². The Bertz CT molecular complexity index is 1150. The number of nitriles is 1. The third kappa shape index (κ3) is 3.09. The van der Waals surface area contributed by atoms with E-state index in [9.17, 15) is 13.2 Å². The zero-order chi connectivity index (χ0) is 18.2. The number of aromatic amines is 1. The molecule has 0 aliphatic heterocycles. The van der Waals surface area contributed by atoms with Gasteiger partial charge in [-0.15, -0.1) is 0 Å². The molecule has 2 heterocycles. The number of nitrogens with zero attached hydrogens (tertiary/aromatic N) is 3. The lowest BCUT2D eigenvalue weighted by Gasteiger charge is -2.03. The average Bonchev–Trinajstić information content (AvgIpc) is 2.95. The largest absolute Gasteiger partial charge is 0.296 e. The molecule has 0 unspecified atom stereocenters. The third-order valence-electron chi connectivity index (χ3n) is 3.80. The van der Waals surface area contributed by atoms with E-state index in [1.165, 1.54) is 23.0 Å². The van der Waals surface area contributed by atoms with Gasteiger partial charge in [0.15, 0.2) is 15.7 Å². The fourth-order valence-electron chi connectivity index (χ4n) is 2.49. The van der Waals surface area contributed by atoms with Crippen molar-refractivity contribution in [3.05, 3.63) is 64.2 Å². The number of aromatic nitrogens is 3. The van der Waals surface area contributed by atoms with E-state index in [2.05, 4.69) is 16.2 Å². The molecule has 7 nitrogen and oxygen atoms in total. The molecule has 126 valence electrons. The summed E-state index contributed by atoms with van der Waals surface area (Å²) in [5, 5.41) is 11.8. The highest BCUT2D eigenvalue weighted by molar-refractivity contribution is 7.90. The zero-order valence-corrected chi connectivity index (χ0v) is 14.3. The molecule has 0 atom stereocenters. The van der Waals surface area contributed by atoms with Crippen LogP contribution in [0, 0.1) is 18.3 Å².